The molecule has 1 aliphatic heterocycles. The van der Waals surface area contributed by atoms with Crippen molar-refractivity contribution in [3.05, 3.63) is 29.3 Å². The van der Waals surface area contributed by atoms with Gasteiger partial charge >= 0.3 is 12.1 Å². The number of benzene rings is 1. The summed E-state index contributed by atoms with van der Waals surface area (Å²) in [6.07, 6.45) is -4.67. The highest BCUT2D eigenvalue weighted by molar-refractivity contribution is 6.04. The average Bonchev–Trinajstić information content (AvgIpc) is 2.47. The van der Waals surface area contributed by atoms with E-state index in [0.717, 1.165) is 6.07 Å². The van der Waals surface area contributed by atoms with Crippen molar-refractivity contribution in [3.8, 4) is 0 Å². The van der Waals surface area contributed by atoms with E-state index in [1.54, 1.807) is 0 Å². The van der Waals surface area contributed by atoms with Gasteiger partial charge < -0.3 is 15.8 Å². The third-order valence-corrected chi connectivity index (χ3v) is 3.11. The Kier molecular flexibility index (Phi) is 6.33. The van der Waals surface area contributed by atoms with Gasteiger partial charge in [0.2, 0.25) is 5.91 Å². The summed E-state index contributed by atoms with van der Waals surface area (Å²) < 4.78 is 44.3. The highest BCUT2D eigenvalue weighted by atomic mass is 19.4. The third kappa shape index (κ3) is 4.97. The zero-order valence-electron chi connectivity index (χ0n) is 11.9. The van der Waals surface area contributed by atoms with Gasteiger partial charge in [-0.2, -0.15) is 13.2 Å². The maximum absolute atomic E-state index is 13.2. The Bertz CT molecular complexity index is 657. The molecule has 24 heavy (non-hydrogen) atoms. The second-order valence-corrected chi connectivity index (χ2v) is 4.82. The van der Waals surface area contributed by atoms with Crippen molar-refractivity contribution in [2.45, 2.75) is 20.0 Å². The highest BCUT2D eigenvalue weighted by Crippen LogP contribution is 2.35. The number of rotatable bonds is 5. The van der Waals surface area contributed by atoms with Crippen LogP contribution in [-0.2, 0) is 20.5 Å². The van der Waals surface area contributed by atoms with E-state index in [1.165, 1.54) is 12.1 Å². The van der Waals surface area contributed by atoms with E-state index in [0.29, 0.717) is 0 Å². The Morgan fingerprint density at radius 1 is 1.38 bits per heavy atom. The lowest BCUT2D eigenvalue weighted by molar-refractivity contribution is -0.141. The Balaban J connectivity index is 0.00000288. The molecule has 0 aromatic heterocycles. The van der Waals surface area contributed by atoms with Crippen LogP contribution in [0, 0.1) is 0 Å². The van der Waals surface area contributed by atoms with Gasteiger partial charge in [-0.1, -0.05) is 13.5 Å². The molecule has 1 heterocycles. The van der Waals surface area contributed by atoms with Gasteiger partial charge in [-0.25, -0.2) is 0 Å². The van der Waals surface area contributed by atoms with E-state index >= 15 is 0 Å². The van der Waals surface area contributed by atoms with Crippen LogP contribution in [0.4, 0.5) is 18.9 Å². The molecule has 6 nitrogen and oxygen atoms in total. The predicted molar refractivity (Wildman–Crippen MR) is 82.8 cm³/mol. The zero-order valence-corrected chi connectivity index (χ0v) is 11.9. The number of halogens is 3. The molecule has 132 valence electrons. The van der Waals surface area contributed by atoms with Crippen LogP contribution in [0.2, 0.25) is 0 Å². The van der Waals surface area contributed by atoms with E-state index in [1.807, 2.05) is 0 Å². The SMILES string of the molecule is C.NC(=O)CCNc1ccc(C2=NCC(=O)OC2)cc1C(F)(F)F. The first-order chi connectivity index (χ1) is 10.8. The number of cyclic esters (lactones) is 1. The summed E-state index contributed by atoms with van der Waals surface area (Å²) in [6, 6.07) is 3.63. The average molecular weight is 345 g/mol. The summed E-state index contributed by atoms with van der Waals surface area (Å²) in [5.74, 6) is -1.13. The lowest BCUT2D eigenvalue weighted by Gasteiger charge is -2.18. The summed E-state index contributed by atoms with van der Waals surface area (Å²) in [4.78, 5) is 25.5. The minimum absolute atomic E-state index is 0. The summed E-state index contributed by atoms with van der Waals surface area (Å²) in [7, 11) is 0. The smallest absolute Gasteiger partial charge is 0.418 e. The molecule has 2 rings (SSSR count). The van der Waals surface area contributed by atoms with Crippen molar-refractivity contribution in [3.63, 3.8) is 0 Å². The van der Waals surface area contributed by atoms with E-state index < -0.39 is 23.6 Å². The number of primary amides is 1. The Morgan fingerprint density at radius 3 is 2.62 bits per heavy atom. The van der Waals surface area contributed by atoms with Gasteiger partial charge in [0.05, 0.1) is 11.3 Å². The van der Waals surface area contributed by atoms with Crippen LogP contribution in [0.3, 0.4) is 0 Å². The van der Waals surface area contributed by atoms with Crippen molar-refractivity contribution in [1.29, 1.82) is 0 Å². The molecule has 0 fully saturated rings. The molecule has 0 radical (unpaired) electrons. The molecule has 0 atom stereocenters. The number of hydrogen-bond donors (Lipinski definition) is 2. The Hall–Kier alpha value is -2.58. The van der Waals surface area contributed by atoms with E-state index in [2.05, 4.69) is 10.3 Å². The minimum Gasteiger partial charge on any atom is -0.458 e. The van der Waals surface area contributed by atoms with Gasteiger partial charge in [0, 0.05) is 18.7 Å². The monoisotopic (exact) mass is 345 g/mol. The van der Waals surface area contributed by atoms with Crippen LogP contribution in [0.1, 0.15) is 25.0 Å². The fourth-order valence-corrected chi connectivity index (χ4v) is 2.01. The van der Waals surface area contributed by atoms with Crippen LogP contribution in [0.25, 0.3) is 0 Å². The van der Waals surface area contributed by atoms with Crippen LogP contribution < -0.4 is 11.1 Å². The normalized spacial score (nSPS) is 14.3. The second kappa shape index (κ2) is 7.80. The zero-order chi connectivity index (χ0) is 17.0. The maximum atomic E-state index is 13.2. The largest absolute Gasteiger partial charge is 0.458 e. The second-order valence-electron chi connectivity index (χ2n) is 4.82. The molecule has 0 aliphatic carbocycles. The third-order valence-electron chi connectivity index (χ3n) is 3.11. The number of nitrogens with one attached hydrogen (secondary N) is 1. The fourth-order valence-electron chi connectivity index (χ4n) is 2.01. The topological polar surface area (TPSA) is 93.8 Å². The fraction of sp³-hybridized carbons (Fsp3) is 0.400. The standard InChI is InChI=1S/C14H14F3N3O3.CH4/c15-14(16,17)9-5-8(11-7-23-13(22)6-20-11)1-2-10(9)19-4-3-12(18)21;/h1-2,5,19H,3-4,6-7H2,(H2,18,21);1H4. The highest BCUT2D eigenvalue weighted by Gasteiger charge is 2.34. The number of anilines is 1. The molecule has 0 unspecified atom stereocenters. The lowest BCUT2D eigenvalue weighted by atomic mass is 10.0. The molecule has 0 saturated carbocycles. The van der Waals surface area contributed by atoms with E-state index in [-0.39, 0.29) is 50.5 Å². The van der Waals surface area contributed by atoms with Crippen LogP contribution in [-0.4, -0.2) is 37.3 Å². The number of ether oxygens (including phenoxy) is 1. The molecule has 0 spiro atoms. The molecule has 0 bridgehead atoms. The first-order valence-corrected chi connectivity index (χ1v) is 6.70. The van der Waals surface area contributed by atoms with Crippen molar-refractivity contribution >= 4 is 23.3 Å². The van der Waals surface area contributed by atoms with Crippen molar-refractivity contribution in [1.82, 2.24) is 0 Å². The first-order valence-electron chi connectivity index (χ1n) is 6.70. The number of hydrogen-bond acceptors (Lipinski definition) is 5. The summed E-state index contributed by atoms with van der Waals surface area (Å²) in [5.41, 5.74) is 4.41. The van der Waals surface area contributed by atoms with Crippen LogP contribution in [0.15, 0.2) is 23.2 Å². The van der Waals surface area contributed by atoms with Gasteiger partial charge in [0.25, 0.3) is 0 Å². The van der Waals surface area contributed by atoms with Crippen molar-refractivity contribution in [2.24, 2.45) is 10.7 Å². The summed E-state index contributed by atoms with van der Waals surface area (Å²) >= 11 is 0. The molecule has 0 saturated heterocycles. The van der Waals surface area contributed by atoms with Crippen LogP contribution in [0.5, 0.6) is 0 Å². The number of nitrogens with zero attached hydrogens (tertiary/aromatic N) is 1. The molecular weight excluding hydrogens is 327 g/mol. The Labute approximate surface area is 136 Å². The number of carbonyl (C=O) groups is 2. The molecule has 1 aromatic rings. The van der Waals surface area contributed by atoms with Gasteiger partial charge in [-0.15, -0.1) is 0 Å². The molecule has 1 amide bonds. The lowest BCUT2D eigenvalue weighted by Crippen LogP contribution is -2.24. The van der Waals surface area contributed by atoms with Crippen LogP contribution >= 0.6 is 0 Å². The summed E-state index contributed by atoms with van der Waals surface area (Å²) in [5, 5.41) is 2.54. The number of aliphatic imine (C=N–C) groups is 1. The Morgan fingerprint density at radius 2 is 2.08 bits per heavy atom. The number of alkyl halides is 3. The van der Waals surface area contributed by atoms with Crippen molar-refractivity contribution < 1.29 is 27.5 Å². The molecule has 3 N–H and O–H groups in total. The van der Waals surface area contributed by atoms with Gasteiger partial charge in [0.15, 0.2) is 0 Å². The van der Waals surface area contributed by atoms with Crippen molar-refractivity contribution in [2.75, 3.05) is 25.0 Å². The summed E-state index contributed by atoms with van der Waals surface area (Å²) in [6.45, 7) is -0.379. The number of esters is 1. The number of carbonyl (C=O) groups excluding carboxylic acids is 2. The van der Waals surface area contributed by atoms with E-state index in [4.69, 9.17) is 10.5 Å². The maximum Gasteiger partial charge on any atom is 0.418 e. The van der Waals surface area contributed by atoms with Gasteiger partial charge in [-0.05, 0) is 17.7 Å². The quantitative estimate of drug-likeness (QED) is 0.798. The first kappa shape index (κ1) is 19.5. The molecule has 1 aliphatic rings. The number of nitrogens with two attached hydrogens (primary N) is 1. The van der Waals surface area contributed by atoms with Gasteiger partial charge in [0.1, 0.15) is 13.2 Å². The molecule has 1 aromatic carbocycles. The van der Waals surface area contributed by atoms with Gasteiger partial charge in [-0.3, -0.25) is 14.6 Å². The molecular formula is C15H18F3N3O3. The minimum atomic E-state index is -4.59. The number of amides is 1. The van der Waals surface area contributed by atoms with E-state index in [9.17, 15) is 22.8 Å². The predicted octanol–water partition coefficient (Wildman–Crippen LogP) is 1.97. The molecule has 9 heteroatoms.